The summed E-state index contributed by atoms with van der Waals surface area (Å²) in [5.74, 6) is 1.86. The highest BCUT2D eigenvalue weighted by atomic mass is 35.5. The van der Waals surface area contributed by atoms with Crippen molar-refractivity contribution in [3.63, 3.8) is 0 Å². The van der Waals surface area contributed by atoms with E-state index in [1.807, 2.05) is 0 Å². The molecule has 0 radical (unpaired) electrons. The summed E-state index contributed by atoms with van der Waals surface area (Å²) < 4.78 is 0. The van der Waals surface area contributed by atoms with Gasteiger partial charge in [-0.15, -0.1) is 0 Å². The molecular weight excluding hydrogens is 282 g/mol. The number of nitrogen functional groups attached to an aromatic ring is 1. The van der Waals surface area contributed by atoms with E-state index in [0.29, 0.717) is 5.92 Å². The van der Waals surface area contributed by atoms with Crippen LogP contribution in [0.3, 0.4) is 0 Å². The molecule has 0 spiro atoms. The quantitative estimate of drug-likeness (QED) is 0.876. The van der Waals surface area contributed by atoms with Gasteiger partial charge in [-0.25, -0.2) is 9.97 Å². The third-order valence-corrected chi connectivity index (χ3v) is 4.73. The maximum absolute atomic E-state index is 5.93. The van der Waals surface area contributed by atoms with Crippen molar-refractivity contribution >= 4 is 17.4 Å². The standard InChI is InChI=1S/C17H20ClN3/c1-11-2-4-12(5-3-11)13-6-8-14(9-7-13)15-10-20-17(19)16(18)21-15/h6-12H,2-5H2,1H3,(H2,19,20). The van der Waals surface area contributed by atoms with Crippen LogP contribution in [-0.2, 0) is 0 Å². The highest BCUT2D eigenvalue weighted by Gasteiger charge is 2.19. The van der Waals surface area contributed by atoms with Gasteiger partial charge < -0.3 is 5.73 Å². The summed E-state index contributed by atoms with van der Waals surface area (Å²) in [4.78, 5) is 8.33. The Hall–Kier alpha value is -1.61. The molecule has 110 valence electrons. The van der Waals surface area contributed by atoms with Crippen molar-refractivity contribution in [3.8, 4) is 11.3 Å². The number of anilines is 1. The molecule has 1 aromatic carbocycles. The minimum atomic E-state index is 0.262. The lowest BCUT2D eigenvalue weighted by Gasteiger charge is -2.26. The topological polar surface area (TPSA) is 51.8 Å². The van der Waals surface area contributed by atoms with Crippen molar-refractivity contribution in [3.05, 3.63) is 41.2 Å². The second-order valence-electron chi connectivity index (χ2n) is 6.01. The van der Waals surface area contributed by atoms with E-state index in [2.05, 4.69) is 41.2 Å². The zero-order chi connectivity index (χ0) is 14.8. The normalized spacial score (nSPS) is 22.2. The fraction of sp³-hybridized carbons (Fsp3) is 0.412. The molecule has 4 heteroatoms. The summed E-state index contributed by atoms with van der Waals surface area (Å²) in [6, 6.07) is 8.62. The zero-order valence-electron chi connectivity index (χ0n) is 12.2. The lowest BCUT2D eigenvalue weighted by molar-refractivity contribution is 0.348. The molecule has 21 heavy (non-hydrogen) atoms. The van der Waals surface area contributed by atoms with Crippen LogP contribution in [0.1, 0.15) is 44.1 Å². The van der Waals surface area contributed by atoms with Crippen molar-refractivity contribution in [2.75, 3.05) is 5.73 Å². The van der Waals surface area contributed by atoms with E-state index in [4.69, 9.17) is 17.3 Å². The Bertz CT molecular complexity index is 616. The minimum absolute atomic E-state index is 0.262. The molecular formula is C17H20ClN3. The van der Waals surface area contributed by atoms with Crippen LogP contribution in [0.4, 0.5) is 5.82 Å². The Kier molecular flexibility index (Phi) is 4.11. The number of benzene rings is 1. The van der Waals surface area contributed by atoms with Crippen molar-refractivity contribution in [2.24, 2.45) is 5.92 Å². The van der Waals surface area contributed by atoms with Gasteiger partial charge in [-0.3, -0.25) is 0 Å². The highest BCUT2D eigenvalue weighted by Crippen LogP contribution is 2.36. The SMILES string of the molecule is CC1CCC(c2ccc(-c3cnc(N)c(Cl)n3)cc2)CC1. The Morgan fingerprint density at radius 3 is 2.38 bits per heavy atom. The second kappa shape index (κ2) is 6.02. The van der Waals surface area contributed by atoms with Crippen LogP contribution in [-0.4, -0.2) is 9.97 Å². The van der Waals surface area contributed by atoms with Gasteiger partial charge >= 0.3 is 0 Å². The molecule has 0 bridgehead atoms. The number of hydrogen-bond donors (Lipinski definition) is 1. The monoisotopic (exact) mass is 301 g/mol. The first-order valence-electron chi connectivity index (χ1n) is 7.52. The summed E-state index contributed by atoms with van der Waals surface area (Å²) in [6.45, 7) is 2.35. The molecule has 2 N–H and O–H groups in total. The Labute approximate surface area is 130 Å². The average Bonchev–Trinajstić information content (AvgIpc) is 2.51. The van der Waals surface area contributed by atoms with E-state index < -0.39 is 0 Å². The first-order chi connectivity index (χ1) is 10.1. The molecule has 3 rings (SSSR count). The molecule has 1 fully saturated rings. The van der Waals surface area contributed by atoms with E-state index in [-0.39, 0.29) is 11.0 Å². The van der Waals surface area contributed by atoms with Gasteiger partial charge in [0, 0.05) is 5.56 Å². The molecule has 1 aromatic heterocycles. The number of halogens is 1. The Morgan fingerprint density at radius 1 is 1.10 bits per heavy atom. The van der Waals surface area contributed by atoms with E-state index >= 15 is 0 Å². The summed E-state index contributed by atoms with van der Waals surface area (Å²) in [6.07, 6.45) is 6.94. The summed E-state index contributed by atoms with van der Waals surface area (Å²) in [5.41, 5.74) is 8.81. The minimum Gasteiger partial charge on any atom is -0.381 e. The fourth-order valence-electron chi connectivity index (χ4n) is 3.03. The van der Waals surface area contributed by atoms with Gasteiger partial charge in [0.25, 0.3) is 0 Å². The molecule has 0 amide bonds. The van der Waals surface area contributed by atoms with Crippen molar-refractivity contribution < 1.29 is 0 Å². The van der Waals surface area contributed by atoms with Crippen molar-refractivity contribution in [1.29, 1.82) is 0 Å². The van der Waals surface area contributed by atoms with Crippen molar-refractivity contribution in [2.45, 2.75) is 38.5 Å². The van der Waals surface area contributed by atoms with Gasteiger partial charge in [-0.05, 0) is 30.2 Å². The van der Waals surface area contributed by atoms with Crippen LogP contribution in [0.15, 0.2) is 30.5 Å². The molecule has 3 nitrogen and oxygen atoms in total. The van der Waals surface area contributed by atoms with E-state index in [9.17, 15) is 0 Å². The lowest BCUT2D eigenvalue weighted by Crippen LogP contribution is -2.10. The third-order valence-electron chi connectivity index (χ3n) is 4.45. The second-order valence-corrected chi connectivity index (χ2v) is 6.37. The van der Waals surface area contributed by atoms with Gasteiger partial charge in [0.1, 0.15) is 0 Å². The highest BCUT2D eigenvalue weighted by molar-refractivity contribution is 6.31. The van der Waals surface area contributed by atoms with Gasteiger partial charge in [0.15, 0.2) is 11.0 Å². The first kappa shape index (κ1) is 14.3. The lowest BCUT2D eigenvalue weighted by atomic mass is 9.79. The maximum Gasteiger partial charge on any atom is 0.171 e. The molecule has 0 saturated heterocycles. The smallest absolute Gasteiger partial charge is 0.171 e. The van der Waals surface area contributed by atoms with E-state index in [1.54, 1.807) is 6.20 Å². The van der Waals surface area contributed by atoms with Gasteiger partial charge in [0.2, 0.25) is 0 Å². The van der Waals surface area contributed by atoms with Gasteiger partial charge in [-0.1, -0.05) is 55.6 Å². The van der Waals surface area contributed by atoms with E-state index in [0.717, 1.165) is 17.2 Å². The summed E-state index contributed by atoms with van der Waals surface area (Å²) in [5, 5.41) is 0.262. The Morgan fingerprint density at radius 2 is 1.76 bits per heavy atom. The first-order valence-corrected chi connectivity index (χ1v) is 7.89. The predicted octanol–water partition coefficient (Wildman–Crippen LogP) is 4.67. The Balaban J connectivity index is 1.79. The average molecular weight is 302 g/mol. The maximum atomic E-state index is 5.93. The van der Waals surface area contributed by atoms with Gasteiger partial charge in [-0.2, -0.15) is 0 Å². The number of rotatable bonds is 2. The molecule has 1 heterocycles. The molecule has 1 aliphatic rings. The van der Waals surface area contributed by atoms with Crippen LogP contribution in [0.5, 0.6) is 0 Å². The largest absolute Gasteiger partial charge is 0.381 e. The summed E-state index contributed by atoms with van der Waals surface area (Å²) in [7, 11) is 0. The van der Waals surface area contributed by atoms with Crippen LogP contribution in [0.2, 0.25) is 5.15 Å². The molecule has 0 unspecified atom stereocenters. The number of aromatic nitrogens is 2. The van der Waals surface area contributed by atoms with Crippen LogP contribution >= 0.6 is 11.6 Å². The number of nitrogens with two attached hydrogens (primary N) is 1. The van der Waals surface area contributed by atoms with E-state index in [1.165, 1.54) is 31.2 Å². The number of nitrogens with zero attached hydrogens (tertiary/aromatic N) is 2. The third kappa shape index (κ3) is 3.18. The molecule has 0 aliphatic heterocycles. The zero-order valence-corrected chi connectivity index (χ0v) is 13.0. The predicted molar refractivity (Wildman–Crippen MR) is 87.3 cm³/mol. The molecule has 0 atom stereocenters. The molecule has 1 aliphatic carbocycles. The number of hydrogen-bond acceptors (Lipinski definition) is 3. The molecule has 1 saturated carbocycles. The van der Waals surface area contributed by atoms with Crippen LogP contribution < -0.4 is 5.73 Å². The summed E-state index contributed by atoms with van der Waals surface area (Å²) >= 11 is 5.93. The van der Waals surface area contributed by atoms with Crippen molar-refractivity contribution in [1.82, 2.24) is 9.97 Å². The van der Waals surface area contributed by atoms with Crippen LogP contribution in [0.25, 0.3) is 11.3 Å². The van der Waals surface area contributed by atoms with Gasteiger partial charge in [0.05, 0.1) is 11.9 Å². The fourth-order valence-corrected chi connectivity index (χ4v) is 3.17. The van der Waals surface area contributed by atoms with Crippen LogP contribution in [0, 0.1) is 5.92 Å². The molecule has 2 aromatic rings.